The van der Waals surface area contributed by atoms with E-state index in [1.165, 1.54) is 38.5 Å². The van der Waals surface area contributed by atoms with Gasteiger partial charge in [0.15, 0.2) is 0 Å². The quantitative estimate of drug-likeness (QED) is 0.802. The number of benzene rings is 1. The zero-order valence-corrected chi connectivity index (χ0v) is 11.9. The number of aromatic hydroxyl groups is 1. The maximum absolute atomic E-state index is 9.44. The zero-order chi connectivity index (χ0) is 13.0. The molecule has 2 nitrogen and oxygen atoms in total. The lowest BCUT2D eigenvalue weighted by molar-refractivity contribution is 0.458. The molecule has 0 radical (unpaired) electrons. The van der Waals surface area contributed by atoms with Gasteiger partial charge in [0.05, 0.1) is 5.02 Å². The summed E-state index contributed by atoms with van der Waals surface area (Å²) >= 11 is 12.0. The molecule has 0 aliphatic heterocycles. The number of phenolic OH excluding ortho intramolecular Hbond substituents is 1. The molecule has 18 heavy (non-hydrogen) atoms. The topological polar surface area (TPSA) is 32.3 Å². The van der Waals surface area contributed by atoms with Gasteiger partial charge in [-0.1, -0.05) is 55.0 Å². The van der Waals surface area contributed by atoms with E-state index < -0.39 is 0 Å². The van der Waals surface area contributed by atoms with Gasteiger partial charge < -0.3 is 10.4 Å². The van der Waals surface area contributed by atoms with Crippen LogP contribution in [0.15, 0.2) is 12.1 Å². The smallest absolute Gasteiger partial charge is 0.135 e. The van der Waals surface area contributed by atoms with E-state index in [-0.39, 0.29) is 10.8 Å². The van der Waals surface area contributed by atoms with Crippen molar-refractivity contribution in [1.82, 2.24) is 5.32 Å². The van der Waals surface area contributed by atoms with E-state index in [2.05, 4.69) is 5.32 Å². The van der Waals surface area contributed by atoms with Gasteiger partial charge in [0, 0.05) is 12.6 Å². The van der Waals surface area contributed by atoms with Crippen LogP contribution in [0, 0.1) is 0 Å². The molecule has 2 rings (SSSR count). The molecule has 1 aliphatic carbocycles. The first-order valence-electron chi connectivity index (χ1n) is 6.57. The molecule has 0 saturated heterocycles. The second-order valence-corrected chi connectivity index (χ2v) is 5.70. The van der Waals surface area contributed by atoms with Gasteiger partial charge >= 0.3 is 0 Å². The lowest BCUT2D eigenvalue weighted by atomic mass is 10.1. The van der Waals surface area contributed by atoms with Gasteiger partial charge in [-0.25, -0.2) is 0 Å². The van der Waals surface area contributed by atoms with Gasteiger partial charge in [0.1, 0.15) is 10.8 Å². The Morgan fingerprint density at radius 1 is 1.06 bits per heavy atom. The van der Waals surface area contributed by atoms with Crippen molar-refractivity contribution in [3.8, 4) is 5.75 Å². The number of phenols is 1. The maximum Gasteiger partial charge on any atom is 0.135 e. The number of halogens is 2. The predicted molar refractivity (Wildman–Crippen MR) is 76.5 cm³/mol. The molecule has 0 heterocycles. The lowest BCUT2D eigenvalue weighted by Crippen LogP contribution is -2.27. The SMILES string of the molecule is Oc1ccc(CNC2CCCCCC2)c(Cl)c1Cl. The summed E-state index contributed by atoms with van der Waals surface area (Å²) in [4.78, 5) is 0. The normalized spacial score (nSPS) is 17.7. The first kappa shape index (κ1) is 14.0. The second kappa shape index (κ2) is 6.65. The fourth-order valence-electron chi connectivity index (χ4n) is 2.45. The molecule has 0 bridgehead atoms. The van der Waals surface area contributed by atoms with Crippen LogP contribution in [0.5, 0.6) is 5.75 Å². The molecule has 0 atom stereocenters. The van der Waals surface area contributed by atoms with Gasteiger partial charge in [0.2, 0.25) is 0 Å². The van der Waals surface area contributed by atoms with E-state index in [4.69, 9.17) is 23.2 Å². The monoisotopic (exact) mass is 287 g/mol. The molecule has 1 aromatic carbocycles. The van der Waals surface area contributed by atoms with Crippen LogP contribution in [0.1, 0.15) is 44.1 Å². The third-order valence-corrected chi connectivity index (χ3v) is 4.49. The average molecular weight is 288 g/mol. The van der Waals surface area contributed by atoms with Crippen LogP contribution < -0.4 is 5.32 Å². The molecule has 2 N–H and O–H groups in total. The van der Waals surface area contributed by atoms with Gasteiger partial charge in [-0.2, -0.15) is 0 Å². The van der Waals surface area contributed by atoms with Crippen LogP contribution in [0.4, 0.5) is 0 Å². The van der Waals surface area contributed by atoms with Crippen LogP contribution >= 0.6 is 23.2 Å². The van der Waals surface area contributed by atoms with E-state index in [0.717, 1.165) is 5.56 Å². The molecule has 100 valence electrons. The predicted octanol–water partition coefficient (Wildman–Crippen LogP) is 4.51. The summed E-state index contributed by atoms with van der Waals surface area (Å²) in [5, 5.41) is 13.7. The molecule has 0 amide bonds. The van der Waals surface area contributed by atoms with E-state index in [9.17, 15) is 5.11 Å². The highest BCUT2D eigenvalue weighted by Gasteiger charge is 2.13. The standard InChI is InChI=1S/C14H19Cl2NO/c15-13-10(7-8-12(18)14(13)16)9-17-11-5-3-1-2-4-6-11/h7-8,11,17-18H,1-6,9H2. The van der Waals surface area contributed by atoms with Crippen molar-refractivity contribution in [2.24, 2.45) is 0 Å². The molecular formula is C14H19Cl2NO. The maximum atomic E-state index is 9.44. The summed E-state index contributed by atoms with van der Waals surface area (Å²) in [6.07, 6.45) is 7.80. The Hall–Kier alpha value is -0.440. The molecule has 0 unspecified atom stereocenters. The Kier molecular flexibility index (Phi) is 5.16. The summed E-state index contributed by atoms with van der Waals surface area (Å²) in [5.74, 6) is 0.0416. The number of rotatable bonds is 3. The Balaban J connectivity index is 1.95. The van der Waals surface area contributed by atoms with Gasteiger partial charge in [-0.05, 0) is 24.5 Å². The van der Waals surface area contributed by atoms with Crippen molar-refractivity contribution in [2.75, 3.05) is 0 Å². The van der Waals surface area contributed by atoms with Crippen LogP contribution in [0.25, 0.3) is 0 Å². The van der Waals surface area contributed by atoms with Gasteiger partial charge in [0.25, 0.3) is 0 Å². The minimum absolute atomic E-state index is 0.0416. The average Bonchev–Trinajstić information content (AvgIpc) is 2.64. The molecule has 1 aromatic rings. The van der Waals surface area contributed by atoms with Crippen molar-refractivity contribution in [2.45, 2.75) is 51.1 Å². The highest BCUT2D eigenvalue weighted by molar-refractivity contribution is 6.43. The summed E-state index contributed by atoms with van der Waals surface area (Å²) < 4.78 is 0. The Bertz CT molecular complexity index is 401. The van der Waals surface area contributed by atoms with E-state index in [1.54, 1.807) is 6.07 Å². The van der Waals surface area contributed by atoms with E-state index in [0.29, 0.717) is 17.6 Å². The number of nitrogens with one attached hydrogen (secondary N) is 1. The molecule has 1 saturated carbocycles. The minimum atomic E-state index is 0.0416. The first-order chi connectivity index (χ1) is 8.68. The fraction of sp³-hybridized carbons (Fsp3) is 0.571. The van der Waals surface area contributed by atoms with Crippen molar-refractivity contribution in [3.05, 3.63) is 27.7 Å². The summed E-state index contributed by atoms with van der Waals surface area (Å²) in [6.45, 7) is 0.712. The lowest BCUT2D eigenvalue weighted by Gasteiger charge is -2.17. The summed E-state index contributed by atoms with van der Waals surface area (Å²) in [7, 11) is 0. The Labute approximate surface area is 118 Å². The zero-order valence-electron chi connectivity index (χ0n) is 10.4. The summed E-state index contributed by atoms with van der Waals surface area (Å²) in [6, 6.07) is 4.00. The van der Waals surface area contributed by atoms with Gasteiger partial charge in [-0.3, -0.25) is 0 Å². The molecule has 0 aromatic heterocycles. The number of hydrogen-bond donors (Lipinski definition) is 2. The third kappa shape index (κ3) is 3.53. The van der Waals surface area contributed by atoms with Crippen molar-refractivity contribution < 1.29 is 5.11 Å². The first-order valence-corrected chi connectivity index (χ1v) is 7.33. The highest BCUT2D eigenvalue weighted by Crippen LogP contribution is 2.33. The summed E-state index contributed by atoms with van der Waals surface area (Å²) in [5.41, 5.74) is 0.948. The number of hydrogen-bond acceptors (Lipinski definition) is 2. The minimum Gasteiger partial charge on any atom is -0.506 e. The van der Waals surface area contributed by atoms with E-state index >= 15 is 0 Å². The van der Waals surface area contributed by atoms with Crippen LogP contribution in [0.3, 0.4) is 0 Å². The highest BCUT2D eigenvalue weighted by atomic mass is 35.5. The van der Waals surface area contributed by atoms with Crippen LogP contribution in [-0.2, 0) is 6.54 Å². The Morgan fingerprint density at radius 3 is 2.39 bits per heavy atom. The molecule has 1 fully saturated rings. The van der Waals surface area contributed by atoms with Crippen molar-refractivity contribution in [1.29, 1.82) is 0 Å². The molecular weight excluding hydrogens is 269 g/mol. The van der Waals surface area contributed by atoms with Crippen LogP contribution in [0.2, 0.25) is 10.0 Å². The van der Waals surface area contributed by atoms with E-state index in [1.807, 2.05) is 6.07 Å². The van der Waals surface area contributed by atoms with Crippen LogP contribution in [-0.4, -0.2) is 11.1 Å². The fourth-order valence-corrected chi connectivity index (χ4v) is 2.86. The second-order valence-electron chi connectivity index (χ2n) is 4.94. The van der Waals surface area contributed by atoms with Crippen molar-refractivity contribution in [3.63, 3.8) is 0 Å². The molecule has 0 spiro atoms. The Morgan fingerprint density at radius 2 is 1.72 bits per heavy atom. The third-order valence-electron chi connectivity index (χ3n) is 3.58. The molecule has 4 heteroatoms. The van der Waals surface area contributed by atoms with Crippen molar-refractivity contribution >= 4 is 23.2 Å². The largest absolute Gasteiger partial charge is 0.506 e. The van der Waals surface area contributed by atoms with Gasteiger partial charge in [-0.15, -0.1) is 0 Å². The molecule has 1 aliphatic rings.